The van der Waals surface area contributed by atoms with Gasteiger partial charge in [-0.25, -0.2) is 0 Å². The first-order valence-electron chi connectivity index (χ1n) is 11.8. The lowest BCUT2D eigenvalue weighted by Crippen LogP contribution is -2.56. The molecule has 0 aromatic heterocycles. The molecule has 1 spiro atoms. The van der Waals surface area contributed by atoms with Gasteiger partial charge in [0.25, 0.3) is 0 Å². The second kappa shape index (κ2) is 8.32. The SMILES string of the molecule is C=C1OCc2c1ccc([C@@H](O)CN1CCC3(CC1)CN(C1=C(C)C(=O)CC1)CCO3)c2C. The molecule has 6 nitrogen and oxygen atoms in total. The van der Waals surface area contributed by atoms with Crippen molar-refractivity contribution in [1.82, 2.24) is 9.80 Å². The van der Waals surface area contributed by atoms with Crippen LogP contribution in [0.4, 0.5) is 0 Å². The van der Waals surface area contributed by atoms with E-state index < -0.39 is 6.10 Å². The van der Waals surface area contributed by atoms with Crippen LogP contribution in [0.1, 0.15) is 61.0 Å². The number of carbonyl (C=O) groups is 1. The number of aliphatic hydroxyl groups is 1. The molecule has 172 valence electrons. The lowest BCUT2D eigenvalue weighted by Gasteiger charge is -2.48. The quantitative estimate of drug-likeness (QED) is 0.778. The predicted molar refractivity (Wildman–Crippen MR) is 123 cm³/mol. The molecule has 5 rings (SSSR count). The van der Waals surface area contributed by atoms with Crippen LogP contribution in [0.3, 0.4) is 0 Å². The Hall–Kier alpha value is -2.15. The summed E-state index contributed by atoms with van der Waals surface area (Å²) in [4.78, 5) is 16.8. The minimum Gasteiger partial charge on any atom is -0.489 e. The highest BCUT2D eigenvalue weighted by Gasteiger charge is 2.41. The highest BCUT2D eigenvalue weighted by atomic mass is 16.5. The summed E-state index contributed by atoms with van der Waals surface area (Å²) in [6, 6.07) is 4.04. The first-order valence-corrected chi connectivity index (χ1v) is 11.8. The molecule has 6 heteroatoms. The van der Waals surface area contributed by atoms with Crippen LogP contribution in [0.15, 0.2) is 30.0 Å². The highest BCUT2D eigenvalue weighted by Crippen LogP contribution is 2.37. The molecule has 32 heavy (non-hydrogen) atoms. The van der Waals surface area contributed by atoms with Crippen molar-refractivity contribution in [2.75, 3.05) is 39.3 Å². The summed E-state index contributed by atoms with van der Waals surface area (Å²) in [5.41, 5.74) is 6.34. The van der Waals surface area contributed by atoms with E-state index in [0.717, 1.165) is 85.6 Å². The summed E-state index contributed by atoms with van der Waals surface area (Å²) >= 11 is 0. The minimum absolute atomic E-state index is 0.139. The van der Waals surface area contributed by atoms with Crippen molar-refractivity contribution in [2.24, 2.45) is 0 Å². The fourth-order valence-corrected chi connectivity index (χ4v) is 5.85. The topological polar surface area (TPSA) is 62.2 Å². The van der Waals surface area contributed by atoms with Gasteiger partial charge in [0.2, 0.25) is 0 Å². The lowest BCUT2D eigenvalue weighted by molar-refractivity contribution is -0.131. The second-order valence-corrected chi connectivity index (χ2v) is 9.78. The third-order valence-electron chi connectivity index (χ3n) is 7.96. The van der Waals surface area contributed by atoms with E-state index in [4.69, 9.17) is 9.47 Å². The normalized spacial score (nSPS) is 24.3. The second-order valence-electron chi connectivity index (χ2n) is 9.78. The average Bonchev–Trinajstić information content (AvgIpc) is 3.33. The van der Waals surface area contributed by atoms with Crippen LogP contribution < -0.4 is 0 Å². The Morgan fingerprint density at radius 3 is 2.69 bits per heavy atom. The maximum Gasteiger partial charge on any atom is 0.160 e. The zero-order chi connectivity index (χ0) is 22.5. The van der Waals surface area contributed by atoms with Gasteiger partial charge in [0.05, 0.1) is 18.3 Å². The number of β-amino-alcohol motifs (C(OH)–C–C–N with tert-alkyl or cyclic N) is 1. The summed E-state index contributed by atoms with van der Waals surface area (Å²) in [6.07, 6.45) is 2.90. The molecule has 1 aliphatic carbocycles. The van der Waals surface area contributed by atoms with E-state index in [1.54, 1.807) is 0 Å². The van der Waals surface area contributed by atoms with Gasteiger partial charge in [-0.3, -0.25) is 4.79 Å². The number of likely N-dealkylation sites (tertiary alicyclic amines) is 1. The number of hydrogen-bond donors (Lipinski definition) is 1. The zero-order valence-electron chi connectivity index (χ0n) is 19.3. The van der Waals surface area contributed by atoms with Crippen LogP contribution in [0, 0.1) is 6.92 Å². The Bertz CT molecular complexity index is 974. The van der Waals surface area contributed by atoms with Gasteiger partial charge in [0, 0.05) is 61.5 Å². The van der Waals surface area contributed by atoms with Gasteiger partial charge in [-0.1, -0.05) is 18.7 Å². The molecule has 1 N–H and O–H groups in total. The van der Waals surface area contributed by atoms with E-state index in [2.05, 4.69) is 23.3 Å². The number of rotatable bonds is 4. The molecule has 3 aliphatic heterocycles. The molecule has 3 heterocycles. The molecule has 1 aromatic rings. The van der Waals surface area contributed by atoms with E-state index >= 15 is 0 Å². The van der Waals surface area contributed by atoms with Gasteiger partial charge in [-0.05, 0) is 44.2 Å². The molecular weight excluding hydrogens is 404 g/mol. The van der Waals surface area contributed by atoms with Crippen LogP contribution in [0.2, 0.25) is 0 Å². The third kappa shape index (κ3) is 3.78. The Morgan fingerprint density at radius 2 is 1.97 bits per heavy atom. The van der Waals surface area contributed by atoms with Gasteiger partial charge in [0.1, 0.15) is 12.4 Å². The van der Waals surface area contributed by atoms with Crippen molar-refractivity contribution in [3.8, 4) is 0 Å². The number of carbonyl (C=O) groups excluding carboxylic acids is 1. The molecule has 0 unspecified atom stereocenters. The molecular formula is C26H34N2O4. The van der Waals surface area contributed by atoms with E-state index in [1.165, 1.54) is 5.70 Å². The number of fused-ring (bicyclic) bond motifs is 1. The number of Topliss-reactive ketones (excluding diaryl/α,β-unsaturated/α-hetero) is 1. The largest absolute Gasteiger partial charge is 0.489 e. The fraction of sp³-hybridized carbons (Fsp3) is 0.577. The predicted octanol–water partition coefficient (Wildman–Crippen LogP) is 3.33. The number of ether oxygens (including phenoxy) is 2. The van der Waals surface area contributed by atoms with Crippen molar-refractivity contribution in [3.63, 3.8) is 0 Å². The van der Waals surface area contributed by atoms with Gasteiger partial charge < -0.3 is 24.4 Å². The van der Waals surface area contributed by atoms with Gasteiger partial charge in [0.15, 0.2) is 5.78 Å². The Balaban J connectivity index is 1.21. The number of piperidine rings is 1. The maximum absolute atomic E-state index is 12.0. The molecule has 2 saturated heterocycles. The number of benzene rings is 1. The molecule has 4 aliphatic rings. The molecule has 0 amide bonds. The Labute approximate surface area is 190 Å². The lowest BCUT2D eigenvalue weighted by atomic mass is 9.88. The van der Waals surface area contributed by atoms with Crippen LogP contribution in [0.25, 0.3) is 5.76 Å². The molecule has 0 saturated carbocycles. The monoisotopic (exact) mass is 438 g/mol. The van der Waals surface area contributed by atoms with Crippen LogP contribution in [0.5, 0.6) is 0 Å². The van der Waals surface area contributed by atoms with Crippen molar-refractivity contribution in [1.29, 1.82) is 0 Å². The number of nitrogens with zero attached hydrogens (tertiary/aromatic N) is 2. The zero-order valence-corrected chi connectivity index (χ0v) is 19.3. The molecule has 0 radical (unpaired) electrons. The van der Waals surface area contributed by atoms with Crippen molar-refractivity contribution in [2.45, 2.75) is 57.8 Å². The van der Waals surface area contributed by atoms with Crippen molar-refractivity contribution < 1.29 is 19.4 Å². The standard InChI is InChI=1S/C26H34N2O4/c1-17-20(4-5-21-19(3)31-15-22(17)21)25(30)14-27-10-8-26(9-11-27)16-28(12-13-32-26)23-6-7-24(29)18(23)2/h4-5,25,30H,3,6-16H2,1-2H3/t25-/m0/s1. The number of aliphatic hydroxyl groups excluding tert-OH is 1. The molecule has 1 atom stereocenters. The number of allylic oxidation sites excluding steroid dienone is 2. The van der Waals surface area contributed by atoms with Crippen LogP contribution in [-0.2, 0) is 20.9 Å². The molecule has 1 aromatic carbocycles. The van der Waals surface area contributed by atoms with E-state index in [-0.39, 0.29) is 5.60 Å². The van der Waals surface area contributed by atoms with E-state index in [9.17, 15) is 9.90 Å². The maximum atomic E-state index is 12.0. The van der Waals surface area contributed by atoms with Crippen LogP contribution in [-0.4, -0.2) is 65.6 Å². The summed E-state index contributed by atoms with van der Waals surface area (Å²) in [7, 11) is 0. The van der Waals surface area contributed by atoms with Gasteiger partial charge in [-0.2, -0.15) is 0 Å². The van der Waals surface area contributed by atoms with Crippen LogP contribution >= 0.6 is 0 Å². The first-order chi connectivity index (χ1) is 15.4. The molecule has 2 fully saturated rings. The fourth-order valence-electron chi connectivity index (χ4n) is 5.85. The number of hydrogen-bond acceptors (Lipinski definition) is 6. The van der Waals surface area contributed by atoms with Crippen molar-refractivity contribution in [3.05, 3.63) is 52.2 Å². The summed E-state index contributed by atoms with van der Waals surface area (Å²) in [5, 5.41) is 11.0. The minimum atomic E-state index is -0.524. The smallest absolute Gasteiger partial charge is 0.160 e. The number of ketones is 1. The number of morpholine rings is 1. The Kier molecular flexibility index (Phi) is 5.64. The third-order valence-corrected chi connectivity index (χ3v) is 7.96. The average molecular weight is 439 g/mol. The molecule has 0 bridgehead atoms. The first kappa shape index (κ1) is 21.7. The summed E-state index contributed by atoms with van der Waals surface area (Å²) in [6.45, 7) is 13.4. The van der Waals surface area contributed by atoms with Gasteiger partial charge >= 0.3 is 0 Å². The van der Waals surface area contributed by atoms with Gasteiger partial charge in [-0.15, -0.1) is 0 Å². The van der Waals surface area contributed by atoms with E-state index in [0.29, 0.717) is 25.4 Å². The van der Waals surface area contributed by atoms with E-state index in [1.807, 2.05) is 19.1 Å². The Morgan fingerprint density at radius 1 is 1.19 bits per heavy atom. The highest BCUT2D eigenvalue weighted by molar-refractivity contribution is 5.97. The summed E-state index contributed by atoms with van der Waals surface area (Å²) < 4.78 is 11.9. The van der Waals surface area contributed by atoms with Crippen molar-refractivity contribution >= 4 is 11.5 Å². The summed E-state index contributed by atoms with van der Waals surface area (Å²) in [5.74, 6) is 1.02.